The molecule has 0 bridgehead atoms. The molecule has 95 valence electrons. The van der Waals surface area contributed by atoms with Crippen molar-refractivity contribution in [1.82, 2.24) is 0 Å². The van der Waals surface area contributed by atoms with Crippen molar-refractivity contribution in [2.45, 2.75) is 19.8 Å². The first-order chi connectivity index (χ1) is 7.31. The summed E-state index contributed by atoms with van der Waals surface area (Å²) in [5.74, 6) is -0.207. The van der Waals surface area contributed by atoms with Crippen molar-refractivity contribution < 1.29 is 19.0 Å². The Morgan fingerprint density at radius 1 is 1.06 bits per heavy atom. The van der Waals surface area contributed by atoms with E-state index in [2.05, 4.69) is 19.6 Å². The third kappa shape index (κ3) is 14.6. The van der Waals surface area contributed by atoms with Gasteiger partial charge in [-0.25, -0.2) is 0 Å². The van der Waals surface area contributed by atoms with E-state index in [1.165, 1.54) is 0 Å². The molecule has 16 heavy (non-hydrogen) atoms. The van der Waals surface area contributed by atoms with E-state index in [0.29, 0.717) is 19.8 Å². The molecule has 0 saturated carbocycles. The molecular formula is C10H20O4SSb. The van der Waals surface area contributed by atoms with Gasteiger partial charge in [0, 0.05) is 31.0 Å². The second-order valence-corrected chi connectivity index (χ2v) is 3.27. The molecule has 0 heterocycles. The zero-order valence-corrected chi connectivity index (χ0v) is 13.1. The molecule has 0 aliphatic heterocycles. The first-order valence-corrected chi connectivity index (χ1v) is 5.86. The van der Waals surface area contributed by atoms with E-state index in [9.17, 15) is 4.79 Å². The van der Waals surface area contributed by atoms with Crippen molar-refractivity contribution in [3.05, 3.63) is 0 Å². The number of carbonyl (C=O) groups excluding carboxylic acids is 1. The number of ether oxygens (including phenoxy) is 3. The zero-order chi connectivity index (χ0) is 11.4. The van der Waals surface area contributed by atoms with Crippen molar-refractivity contribution in [2.24, 2.45) is 0 Å². The Morgan fingerprint density at radius 2 is 1.62 bits per heavy atom. The molecule has 0 spiro atoms. The average molecular weight is 358 g/mol. The smallest absolute Gasteiger partial charge is 0.315 e. The van der Waals surface area contributed by atoms with Crippen LogP contribution in [0, 0.1) is 0 Å². The van der Waals surface area contributed by atoms with Crippen LogP contribution in [0.2, 0.25) is 0 Å². The van der Waals surface area contributed by atoms with Crippen LogP contribution in [0.25, 0.3) is 0 Å². The van der Waals surface area contributed by atoms with Gasteiger partial charge in [0.2, 0.25) is 0 Å². The molecule has 0 aromatic rings. The molecule has 0 amide bonds. The Hall–Kier alpha value is 0.558. The normalized spacial score (nSPS) is 9.62. The van der Waals surface area contributed by atoms with Gasteiger partial charge in [0.25, 0.3) is 0 Å². The summed E-state index contributed by atoms with van der Waals surface area (Å²) in [6, 6.07) is 0. The van der Waals surface area contributed by atoms with Crippen LogP contribution in [0.1, 0.15) is 19.8 Å². The summed E-state index contributed by atoms with van der Waals surface area (Å²) in [5.41, 5.74) is 0. The van der Waals surface area contributed by atoms with E-state index in [1.807, 2.05) is 0 Å². The second kappa shape index (κ2) is 15.6. The fraction of sp³-hybridized carbons (Fsp3) is 0.900. The van der Waals surface area contributed by atoms with Crippen molar-refractivity contribution in [2.75, 3.05) is 38.8 Å². The summed E-state index contributed by atoms with van der Waals surface area (Å²) >= 11 is 3.77. The molecule has 0 N–H and O–H groups in total. The van der Waals surface area contributed by atoms with Crippen LogP contribution in [0.4, 0.5) is 0 Å². The minimum Gasteiger partial charge on any atom is -0.463 e. The quantitative estimate of drug-likeness (QED) is 0.273. The van der Waals surface area contributed by atoms with Gasteiger partial charge in [-0.15, -0.1) is 0 Å². The van der Waals surface area contributed by atoms with Crippen LogP contribution >= 0.6 is 12.6 Å². The Morgan fingerprint density at radius 3 is 2.19 bits per heavy atom. The van der Waals surface area contributed by atoms with Gasteiger partial charge >= 0.3 is 5.97 Å². The monoisotopic (exact) mass is 357 g/mol. The van der Waals surface area contributed by atoms with Gasteiger partial charge in [-0.05, 0) is 6.42 Å². The second-order valence-electron chi connectivity index (χ2n) is 2.96. The molecule has 3 radical (unpaired) electrons. The van der Waals surface area contributed by atoms with E-state index < -0.39 is 0 Å². The molecular weight excluding hydrogens is 338 g/mol. The van der Waals surface area contributed by atoms with Gasteiger partial charge in [0.05, 0.1) is 25.6 Å². The maximum absolute atomic E-state index is 10.6. The maximum Gasteiger partial charge on any atom is 0.315 e. The van der Waals surface area contributed by atoms with Gasteiger partial charge in [-0.3, -0.25) is 4.79 Å². The van der Waals surface area contributed by atoms with Crippen LogP contribution in [0.5, 0.6) is 0 Å². The van der Waals surface area contributed by atoms with Crippen molar-refractivity contribution in [3.63, 3.8) is 0 Å². The number of thiol groups is 1. The molecule has 0 aromatic heterocycles. The van der Waals surface area contributed by atoms with Crippen LogP contribution in [-0.4, -0.2) is 69.2 Å². The number of unbranched alkanes of at least 4 members (excludes halogenated alkanes) is 1. The Balaban J connectivity index is 0. The SMILES string of the molecule is CCCCOCCOCCOC(=O)CS.[Sb]. The first-order valence-electron chi connectivity index (χ1n) is 5.23. The first kappa shape index (κ1) is 18.9. The number of hydrogen-bond acceptors (Lipinski definition) is 5. The fourth-order valence-corrected chi connectivity index (χ4v) is 0.920. The molecule has 0 aromatic carbocycles. The van der Waals surface area contributed by atoms with E-state index >= 15 is 0 Å². The Labute approximate surface area is 120 Å². The molecule has 0 saturated heterocycles. The molecule has 0 fully saturated rings. The van der Waals surface area contributed by atoms with E-state index in [0.717, 1.165) is 19.4 Å². The summed E-state index contributed by atoms with van der Waals surface area (Å²) in [7, 11) is 0. The minimum atomic E-state index is -0.318. The summed E-state index contributed by atoms with van der Waals surface area (Å²) in [4.78, 5) is 10.6. The van der Waals surface area contributed by atoms with Crippen molar-refractivity contribution in [3.8, 4) is 0 Å². The predicted molar refractivity (Wildman–Crippen MR) is 67.1 cm³/mol. The summed E-state index contributed by atoms with van der Waals surface area (Å²) < 4.78 is 15.2. The van der Waals surface area contributed by atoms with Gasteiger partial charge in [-0.1, -0.05) is 13.3 Å². The van der Waals surface area contributed by atoms with Crippen LogP contribution in [0.15, 0.2) is 0 Å². The van der Waals surface area contributed by atoms with Crippen LogP contribution < -0.4 is 0 Å². The third-order valence-corrected chi connectivity index (χ3v) is 1.89. The molecule has 4 nitrogen and oxygen atoms in total. The van der Waals surface area contributed by atoms with Gasteiger partial charge in [-0.2, -0.15) is 12.6 Å². The van der Waals surface area contributed by atoms with Crippen molar-refractivity contribution in [1.29, 1.82) is 0 Å². The summed E-state index contributed by atoms with van der Waals surface area (Å²) in [5, 5.41) is 0. The van der Waals surface area contributed by atoms with E-state index in [4.69, 9.17) is 14.2 Å². The third-order valence-electron chi connectivity index (χ3n) is 1.63. The maximum atomic E-state index is 10.6. The molecule has 6 heteroatoms. The predicted octanol–water partition coefficient (Wildman–Crippen LogP) is 0.912. The zero-order valence-electron chi connectivity index (χ0n) is 9.68. The Bertz CT molecular complexity index is 158. The summed E-state index contributed by atoms with van der Waals surface area (Å²) in [6.07, 6.45) is 2.22. The molecule has 0 rings (SSSR count). The molecule has 0 aliphatic carbocycles. The van der Waals surface area contributed by atoms with Gasteiger partial charge in [0.1, 0.15) is 6.61 Å². The molecule has 0 unspecified atom stereocenters. The van der Waals surface area contributed by atoms with Crippen molar-refractivity contribution >= 4 is 43.0 Å². The largest absolute Gasteiger partial charge is 0.463 e. The van der Waals surface area contributed by atoms with Gasteiger partial charge in [0.15, 0.2) is 0 Å². The number of hydrogen-bond donors (Lipinski definition) is 1. The molecule has 0 atom stereocenters. The number of carbonyl (C=O) groups is 1. The van der Waals surface area contributed by atoms with E-state index in [1.54, 1.807) is 0 Å². The van der Waals surface area contributed by atoms with E-state index in [-0.39, 0.29) is 42.8 Å². The number of esters is 1. The van der Waals surface area contributed by atoms with Crippen LogP contribution in [0.3, 0.4) is 0 Å². The summed E-state index contributed by atoms with van der Waals surface area (Å²) in [6.45, 7) is 4.75. The average Bonchev–Trinajstić information content (AvgIpc) is 2.26. The minimum absolute atomic E-state index is 0. The number of rotatable bonds is 10. The van der Waals surface area contributed by atoms with Gasteiger partial charge < -0.3 is 14.2 Å². The standard InChI is InChI=1S/C10H20O4S.Sb/c1-2-3-4-12-5-6-13-7-8-14-10(11)9-15;/h15H,2-9H2,1H3;. The topological polar surface area (TPSA) is 44.8 Å². The van der Waals surface area contributed by atoms with Crippen LogP contribution in [-0.2, 0) is 19.0 Å². The Kier molecular flexibility index (Phi) is 18.4. The fourth-order valence-electron chi connectivity index (χ4n) is 0.828. The molecule has 0 aliphatic rings.